The smallest absolute Gasteiger partial charge is 0.240 e. The predicted octanol–water partition coefficient (Wildman–Crippen LogP) is 1.99. The standard InChI is InChI=1S/C15H22N2O/c1-12(2)14-15(18)17(10-9-16(14)3)11-13-7-5-4-6-8-13/h4-8,12,14H,9-11H2,1-3H3/t14-/m1/s1. The monoisotopic (exact) mass is 246 g/mol. The maximum atomic E-state index is 12.5. The van der Waals surface area contributed by atoms with Crippen LogP contribution in [0.2, 0.25) is 0 Å². The summed E-state index contributed by atoms with van der Waals surface area (Å²) in [7, 11) is 2.04. The molecule has 1 fully saturated rings. The van der Waals surface area contributed by atoms with Gasteiger partial charge in [0.05, 0.1) is 6.04 Å². The van der Waals surface area contributed by atoms with Gasteiger partial charge in [0, 0.05) is 19.6 Å². The molecule has 0 aliphatic carbocycles. The molecule has 0 radical (unpaired) electrons. The third kappa shape index (κ3) is 2.72. The zero-order chi connectivity index (χ0) is 13.1. The first-order valence-corrected chi connectivity index (χ1v) is 6.62. The van der Waals surface area contributed by atoms with E-state index in [4.69, 9.17) is 0 Å². The third-order valence-electron chi connectivity index (χ3n) is 3.61. The van der Waals surface area contributed by atoms with Gasteiger partial charge in [-0.2, -0.15) is 0 Å². The molecule has 18 heavy (non-hydrogen) atoms. The van der Waals surface area contributed by atoms with Crippen LogP contribution in [0.25, 0.3) is 0 Å². The van der Waals surface area contributed by atoms with E-state index < -0.39 is 0 Å². The summed E-state index contributed by atoms with van der Waals surface area (Å²) < 4.78 is 0. The largest absolute Gasteiger partial charge is 0.336 e. The van der Waals surface area contributed by atoms with Crippen molar-refractivity contribution in [2.24, 2.45) is 5.92 Å². The Kier molecular flexibility index (Phi) is 4.02. The average Bonchev–Trinajstić information content (AvgIpc) is 2.34. The van der Waals surface area contributed by atoms with Gasteiger partial charge >= 0.3 is 0 Å². The first kappa shape index (κ1) is 13.1. The molecule has 1 saturated heterocycles. The second-order valence-electron chi connectivity index (χ2n) is 5.41. The Morgan fingerprint density at radius 1 is 1.22 bits per heavy atom. The molecule has 1 amide bonds. The number of piperazine rings is 1. The van der Waals surface area contributed by atoms with Crippen molar-refractivity contribution in [2.75, 3.05) is 20.1 Å². The number of carbonyl (C=O) groups is 1. The summed E-state index contributed by atoms with van der Waals surface area (Å²) in [6.45, 7) is 6.75. The average molecular weight is 246 g/mol. The minimum absolute atomic E-state index is 0.0301. The van der Waals surface area contributed by atoms with Crippen molar-refractivity contribution < 1.29 is 4.79 Å². The SMILES string of the molecule is CC(C)[C@@H]1C(=O)N(Cc2ccccc2)CCN1C. The van der Waals surface area contributed by atoms with Crippen LogP contribution in [0.3, 0.4) is 0 Å². The molecule has 1 atom stereocenters. The molecule has 3 nitrogen and oxygen atoms in total. The van der Waals surface area contributed by atoms with Crippen LogP contribution in [0.4, 0.5) is 0 Å². The topological polar surface area (TPSA) is 23.6 Å². The molecule has 1 aliphatic rings. The Hall–Kier alpha value is -1.35. The number of amides is 1. The van der Waals surface area contributed by atoms with Gasteiger partial charge in [0.1, 0.15) is 0 Å². The summed E-state index contributed by atoms with van der Waals surface area (Å²) in [6.07, 6.45) is 0. The van der Waals surface area contributed by atoms with E-state index in [9.17, 15) is 4.79 Å². The first-order valence-electron chi connectivity index (χ1n) is 6.62. The summed E-state index contributed by atoms with van der Waals surface area (Å²) in [6, 6.07) is 10.2. The fraction of sp³-hybridized carbons (Fsp3) is 0.533. The van der Waals surface area contributed by atoms with E-state index in [0.717, 1.165) is 19.6 Å². The molecule has 1 aromatic carbocycles. The molecular weight excluding hydrogens is 224 g/mol. The lowest BCUT2D eigenvalue weighted by Crippen LogP contribution is -2.57. The molecule has 98 valence electrons. The number of hydrogen-bond donors (Lipinski definition) is 0. The van der Waals surface area contributed by atoms with Gasteiger partial charge in [-0.05, 0) is 18.5 Å². The van der Waals surface area contributed by atoms with Crippen LogP contribution >= 0.6 is 0 Å². The van der Waals surface area contributed by atoms with Gasteiger partial charge in [0.25, 0.3) is 0 Å². The molecule has 0 aromatic heterocycles. The number of rotatable bonds is 3. The van der Waals surface area contributed by atoms with Crippen LogP contribution in [0.15, 0.2) is 30.3 Å². The molecule has 0 spiro atoms. The van der Waals surface area contributed by atoms with Gasteiger partial charge in [0.15, 0.2) is 0 Å². The van der Waals surface area contributed by atoms with Crippen LogP contribution in [0.1, 0.15) is 19.4 Å². The predicted molar refractivity (Wildman–Crippen MR) is 73.1 cm³/mol. The van der Waals surface area contributed by atoms with Crippen LogP contribution in [0, 0.1) is 5.92 Å². The second-order valence-corrected chi connectivity index (χ2v) is 5.41. The molecule has 0 N–H and O–H groups in total. The van der Waals surface area contributed by atoms with Crippen molar-refractivity contribution in [3.63, 3.8) is 0 Å². The first-order chi connectivity index (χ1) is 8.59. The minimum atomic E-state index is 0.0301. The fourth-order valence-corrected chi connectivity index (χ4v) is 2.66. The van der Waals surface area contributed by atoms with E-state index in [1.807, 2.05) is 30.1 Å². The number of likely N-dealkylation sites (N-methyl/N-ethyl adjacent to an activating group) is 1. The van der Waals surface area contributed by atoms with Gasteiger partial charge in [-0.15, -0.1) is 0 Å². The number of carbonyl (C=O) groups excluding carboxylic acids is 1. The third-order valence-corrected chi connectivity index (χ3v) is 3.61. The molecule has 3 heteroatoms. The van der Waals surface area contributed by atoms with Crippen molar-refractivity contribution >= 4 is 5.91 Å². The van der Waals surface area contributed by atoms with Crippen molar-refractivity contribution in [2.45, 2.75) is 26.4 Å². The summed E-state index contributed by atoms with van der Waals surface area (Å²) >= 11 is 0. The van der Waals surface area contributed by atoms with Gasteiger partial charge in [-0.1, -0.05) is 44.2 Å². The second kappa shape index (κ2) is 5.53. The maximum Gasteiger partial charge on any atom is 0.240 e. The lowest BCUT2D eigenvalue weighted by molar-refractivity contribution is -0.143. The molecular formula is C15H22N2O. The van der Waals surface area contributed by atoms with Gasteiger partial charge in [0.2, 0.25) is 5.91 Å². The van der Waals surface area contributed by atoms with Gasteiger partial charge in [-0.25, -0.2) is 0 Å². The van der Waals surface area contributed by atoms with Crippen molar-refractivity contribution in [1.29, 1.82) is 0 Å². The van der Waals surface area contributed by atoms with Crippen molar-refractivity contribution in [1.82, 2.24) is 9.80 Å². The Bertz CT molecular complexity index is 402. The molecule has 1 aromatic rings. The summed E-state index contributed by atoms with van der Waals surface area (Å²) in [4.78, 5) is 16.6. The molecule has 1 aliphatic heterocycles. The van der Waals surface area contributed by atoms with Crippen LogP contribution in [-0.2, 0) is 11.3 Å². The lowest BCUT2D eigenvalue weighted by Gasteiger charge is -2.40. The van der Waals surface area contributed by atoms with E-state index in [0.29, 0.717) is 5.92 Å². The molecule has 0 bridgehead atoms. The highest BCUT2D eigenvalue weighted by Crippen LogP contribution is 2.18. The highest BCUT2D eigenvalue weighted by molar-refractivity contribution is 5.82. The fourth-order valence-electron chi connectivity index (χ4n) is 2.66. The zero-order valence-corrected chi connectivity index (χ0v) is 11.5. The Labute approximate surface area is 109 Å². The van der Waals surface area contributed by atoms with E-state index in [2.05, 4.69) is 30.9 Å². The van der Waals surface area contributed by atoms with Crippen LogP contribution in [0.5, 0.6) is 0 Å². The zero-order valence-electron chi connectivity index (χ0n) is 11.5. The minimum Gasteiger partial charge on any atom is -0.336 e. The quantitative estimate of drug-likeness (QED) is 0.814. The normalized spacial score (nSPS) is 21.7. The maximum absolute atomic E-state index is 12.5. The van der Waals surface area contributed by atoms with Gasteiger partial charge in [-0.3, -0.25) is 9.69 Å². The molecule has 0 unspecified atom stereocenters. The lowest BCUT2D eigenvalue weighted by atomic mass is 9.99. The number of nitrogens with zero attached hydrogens (tertiary/aromatic N) is 2. The van der Waals surface area contributed by atoms with E-state index in [1.165, 1.54) is 5.56 Å². The van der Waals surface area contributed by atoms with Crippen molar-refractivity contribution in [3.05, 3.63) is 35.9 Å². The van der Waals surface area contributed by atoms with Crippen LogP contribution in [-0.4, -0.2) is 41.9 Å². The number of hydrogen-bond acceptors (Lipinski definition) is 2. The van der Waals surface area contributed by atoms with Gasteiger partial charge < -0.3 is 4.90 Å². The van der Waals surface area contributed by atoms with E-state index >= 15 is 0 Å². The van der Waals surface area contributed by atoms with E-state index in [1.54, 1.807) is 0 Å². The summed E-state index contributed by atoms with van der Waals surface area (Å²) in [5, 5.41) is 0. The summed E-state index contributed by atoms with van der Waals surface area (Å²) in [5.41, 5.74) is 1.21. The highest BCUT2D eigenvalue weighted by Gasteiger charge is 2.34. The molecule has 2 rings (SSSR count). The number of benzene rings is 1. The Morgan fingerprint density at radius 2 is 1.89 bits per heavy atom. The highest BCUT2D eigenvalue weighted by atomic mass is 16.2. The summed E-state index contributed by atoms with van der Waals surface area (Å²) in [5.74, 6) is 0.628. The Balaban J connectivity index is 2.08. The van der Waals surface area contributed by atoms with Crippen LogP contribution < -0.4 is 0 Å². The molecule has 1 heterocycles. The molecule has 0 saturated carbocycles. The van der Waals surface area contributed by atoms with Crippen molar-refractivity contribution in [3.8, 4) is 0 Å². The van der Waals surface area contributed by atoms with E-state index in [-0.39, 0.29) is 11.9 Å². The Morgan fingerprint density at radius 3 is 2.50 bits per heavy atom.